The Labute approximate surface area is 89.2 Å². The molecule has 0 saturated heterocycles. The van der Waals surface area contributed by atoms with Gasteiger partial charge in [0.25, 0.3) is 0 Å². The Kier molecular flexibility index (Phi) is 6.38. The lowest BCUT2D eigenvalue weighted by molar-refractivity contribution is -0.916. The van der Waals surface area contributed by atoms with Gasteiger partial charge in [0.05, 0.1) is 26.7 Å². The van der Waals surface area contributed by atoms with Crippen LogP contribution in [0.1, 0.15) is 51.9 Å². The molecule has 1 rings (SSSR count). The zero-order valence-corrected chi connectivity index (χ0v) is 10.1. The van der Waals surface area contributed by atoms with Gasteiger partial charge in [-0.1, -0.05) is 19.8 Å². The predicted octanol–water partition coefficient (Wildman–Crippen LogP) is 3.02. The molecule has 0 aliphatic heterocycles. The van der Waals surface area contributed by atoms with Crippen LogP contribution in [0.5, 0.6) is 0 Å². The van der Waals surface area contributed by atoms with E-state index in [4.69, 9.17) is 0 Å². The van der Waals surface area contributed by atoms with Crippen molar-refractivity contribution in [3.63, 3.8) is 0 Å². The molecule has 1 N–H and O–H groups in total. The minimum atomic E-state index is 0. The number of nitrogens with zero attached hydrogens (tertiary/aromatic N) is 1. The molecular weight excluding hydrogens is 174 g/mol. The summed E-state index contributed by atoms with van der Waals surface area (Å²) in [6, 6.07) is 0.959. The third kappa shape index (κ3) is 3.97. The van der Waals surface area contributed by atoms with Gasteiger partial charge >= 0.3 is 0 Å². The standard InChI is InChI=1S/C12H26N.H2O/c1-4-5-11-13(2,3)12-9-7-6-8-10-12;/h12H,4-11H2,1-3H3;1H2/q+1;/p-1. The Morgan fingerprint density at radius 2 is 1.64 bits per heavy atom. The Bertz CT molecular complexity index is 139. The van der Waals surface area contributed by atoms with Crippen molar-refractivity contribution < 1.29 is 9.96 Å². The van der Waals surface area contributed by atoms with Gasteiger partial charge in [0.1, 0.15) is 0 Å². The maximum Gasteiger partial charge on any atom is 0.0886 e. The van der Waals surface area contributed by atoms with E-state index in [1.54, 1.807) is 0 Å². The smallest absolute Gasteiger partial charge is 0.0886 e. The summed E-state index contributed by atoms with van der Waals surface area (Å²) < 4.78 is 1.27. The van der Waals surface area contributed by atoms with E-state index in [2.05, 4.69) is 21.0 Å². The van der Waals surface area contributed by atoms with E-state index in [1.165, 1.54) is 56.0 Å². The highest BCUT2D eigenvalue weighted by atomic mass is 16.0. The van der Waals surface area contributed by atoms with Gasteiger partial charge in [-0.25, -0.2) is 0 Å². The molecule has 0 heterocycles. The molecule has 86 valence electrons. The topological polar surface area (TPSA) is 30.0 Å². The van der Waals surface area contributed by atoms with Crippen molar-refractivity contribution in [2.75, 3.05) is 20.6 Å². The first-order valence-electron chi connectivity index (χ1n) is 5.99. The normalized spacial score (nSPS) is 19.1. The lowest BCUT2D eigenvalue weighted by Crippen LogP contribution is -2.50. The summed E-state index contributed by atoms with van der Waals surface area (Å²) in [5, 5.41) is 0. The minimum Gasteiger partial charge on any atom is -0.870 e. The largest absolute Gasteiger partial charge is 0.870 e. The monoisotopic (exact) mass is 201 g/mol. The van der Waals surface area contributed by atoms with Crippen molar-refractivity contribution in [1.29, 1.82) is 0 Å². The molecule has 2 heteroatoms. The molecular formula is C12H27NO. The first kappa shape index (κ1) is 13.9. The molecule has 0 spiro atoms. The van der Waals surface area contributed by atoms with Crippen LogP contribution in [0.25, 0.3) is 0 Å². The van der Waals surface area contributed by atoms with Gasteiger partial charge in [-0.05, 0) is 32.1 Å². The van der Waals surface area contributed by atoms with Crippen LogP contribution in [-0.2, 0) is 0 Å². The number of hydrogen-bond acceptors (Lipinski definition) is 1. The summed E-state index contributed by atoms with van der Waals surface area (Å²) in [4.78, 5) is 0. The highest BCUT2D eigenvalue weighted by Crippen LogP contribution is 2.25. The highest BCUT2D eigenvalue weighted by Gasteiger charge is 2.28. The first-order chi connectivity index (χ1) is 6.17. The van der Waals surface area contributed by atoms with Crippen molar-refractivity contribution in [3.05, 3.63) is 0 Å². The van der Waals surface area contributed by atoms with Gasteiger partial charge in [0, 0.05) is 0 Å². The lowest BCUT2D eigenvalue weighted by atomic mass is 9.93. The van der Waals surface area contributed by atoms with E-state index >= 15 is 0 Å². The molecule has 0 atom stereocenters. The van der Waals surface area contributed by atoms with Crippen LogP contribution in [0.3, 0.4) is 0 Å². The molecule has 0 aromatic rings. The third-order valence-corrected chi connectivity index (χ3v) is 3.65. The van der Waals surface area contributed by atoms with Crippen LogP contribution in [0, 0.1) is 0 Å². The number of quaternary nitrogens is 1. The summed E-state index contributed by atoms with van der Waals surface area (Å²) >= 11 is 0. The predicted molar refractivity (Wildman–Crippen MR) is 60.7 cm³/mol. The second-order valence-corrected chi connectivity index (χ2v) is 5.15. The number of unbranched alkanes of at least 4 members (excludes halogenated alkanes) is 1. The van der Waals surface area contributed by atoms with Crippen LogP contribution < -0.4 is 0 Å². The van der Waals surface area contributed by atoms with Crippen LogP contribution in [0.4, 0.5) is 0 Å². The van der Waals surface area contributed by atoms with Crippen LogP contribution in [0.15, 0.2) is 0 Å². The Balaban J connectivity index is 0.00000169. The summed E-state index contributed by atoms with van der Waals surface area (Å²) in [7, 11) is 4.84. The molecule has 0 unspecified atom stereocenters. The summed E-state index contributed by atoms with van der Waals surface area (Å²) in [6.45, 7) is 3.67. The zero-order valence-electron chi connectivity index (χ0n) is 10.1. The fourth-order valence-electron chi connectivity index (χ4n) is 2.53. The van der Waals surface area contributed by atoms with Crippen LogP contribution >= 0.6 is 0 Å². The van der Waals surface area contributed by atoms with E-state index in [-0.39, 0.29) is 5.48 Å². The second kappa shape index (κ2) is 6.41. The molecule has 0 amide bonds. The molecule has 1 aliphatic carbocycles. The van der Waals surface area contributed by atoms with E-state index in [9.17, 15) is 0 Å². The summed E-state index contributed by atoms with van der Waals surface area (Å²) in [6.07, 6.45) is 10.1. The van der Waals surface area contributed by atoms with Crippen molar-refractivity contribution in [2.24, 2.45) is 0 Å². The molecule has 14 heavy (non-hydrogen) atoms. The van der Waals surface area contributed by atoms with Gasteiger partial charge < -0.3 is 9.96 Å². The van der Waals surface area contributed by atoms with Crippen molar-refractivity contribution in [2.45, 2.75) is 57.9 Å². The maximum atomic E-state index is 2.42. The lowest BCUT2D eigenvalue weighted by Gasteiger charge is -2.40. The van der Waals surface area contributed by atoms with Crippen molar-refractivity contribution >= 4 is 0 Å². The molecule has 0 aromatic heterocycles. The fraction of sp³-hybridized carbons (Fsp3) is 1.00. The highest BCUT2D eigenvalue weighted by molar-refractivity contribution is 4.65. The molecule has 1 aliphatic rings. The maximum absolute atomic E-state index is 2.42. The second-order valence-electron chi connectivity index (χ2n) is 5.15. The van der Waals surface area contributed by atoms with Gasteiger partial charge in [0.15, 0.2) is 0 Å². The van der Waals surface area contributed by atoms with Crippen LogP contribution in [-0.4, -0.2) is 36.6 Å². The minimum absolute atomic E-state index is 0. The molecule has 0 aromatic carbocycles. The van der Waals surface area contributed by atoms with E-state index in [0.29, 0.717) is 0 Å². The van der Waals surface area contributed by atoms with E-state index in [0.717, 1.165) is 6.04 Å². The molecule has 0 bridgehead atoms. The molecule has 0 radical (unpaired) electrons. The van der Waals surface area contributed by atoms with Gasteiger partial charge in [-0.2, -0.15) is 0 Å². The van der Waals surface area contributed by atoms with Crippen molar-refractivity contribution in [1.82, 2.24) is 0 Å². The van der Waals surface area contributed by atoms with Crippen LogP contribution in [0.2, 0.25) is 0 Å². The Morgan fingerprint density at radius 3 is 2.14 bits per heavy atom. The first-order valence-corrected chi connectivity index (χ1v) is 5.99. The third-order valence-electron chi connectivity index (χ3n) is 3.65. The quantitative estimate of drug-likeness (QED) is 0.643. The number of rotatable bonds is 4. The van der Waals surface area contributed by atoms with Gasteiger partial charge in [-0.3, -0.25) is 0 Å². The van der Waals surface area contributed by atoms with Gasteiger partial charge in [-0.15, -0.1) is 0 Å². The molecule has 1 fully saturated rings. The van der Waals surface area contributed by atoms with E-state index in [1.807, 2.05) is 0 Å². The summed E-state index contributed by atoms with van der Waals surface area (Å²) in [5.41, 5.74) is 0. The number of hydrogen-bond donors (Lipinski definition) is 0. The zero-order chi connectivity index (χ0) is 9.73. The van der Waals surface area contributed by atoms with Crippen molar-refractivity contribution in [3.8, 4) is 0 Å². The van der Waals surface area contributed by atoms with Gasteiger partial charge in [0.2, 0.25) is 0 Å². The SMILES string of the molecule is CCCC[N+](C)(C)C1CCCCC1.[OH-]. The average Bonchev–Trinajstić information content (AvgIpc) is 2.16. The molecule has 1 saturated carbocycles. The average molecular weight is 201 g/mol. The Hall–Kier alpha value is -0.0800. The molecule has 2 nitrogen and oxygen atoms in total. The fourth-order valence-corrected chi connectivity index (χ4v) is 2.53. The van der Waals surface area contributed by atoms with E-state index < -0.39 is 0 Å². The Morgan fingerprint density at radius 1 is 1.07 bits per heavy atom. The summed E-state index contributed by atoms with van der Waals surface area (Å²) in [5.74, 6) is 0.